The second-order valence-electron chi connectivity index (χ2n) is 25.9. The number of unbranched alkanes of at least 4 members (excludes halogenated alkanes) is 33. The van der Waals surface area contributed by atoms with Crippen molar-refractivity contribution in [1.29, 1.82) is 0 Å². The number of hydrogen-bond donors (Lipinski definition) is 3. The minimum absolute atomic E-state index is 0.102. The number of ether oxygens (including phenoxy) is 4. The molecule has 0 aliphatic carbocycles. The number of carbonyl (C=O) groups excluding carboxylic acids is 4. The van der Waals surface area contributed by atoms with Crippen LogP contribution in [0.3, 0.4) is 0 Å². The Morgan fingerprint density at radius 3 is 0.864 bits per heavy atom. The van der Waals surface area contributed by atoms with Crippen molar-refractivity contribution in [2.45, 2.75) is 362 Å². The van der Waals surface area contributed by atoms with Gasteiger partial charge in [0.15, 0.2) is 12.2 Å². The summed E-state index contributed by atoms with van der Waals surface area (Å²) < 4.78 is 68.2. The largest absolute Gasteiger partial charge is 0.472 e. The highest BCUT2D eigenvalue weighted by molar-refractivity contribution is 7.47. The van der Waals surface area contributed by atoms with Crippen LogP contribution in [0.15, 0.2) is 0 Å². The van der Waals surface area contributed by atoms with Gasteiger partial charge >= 0.3 is 39.5 Å². The van der Waals surface area contributed by atoms with Crippen molar-refractivity contribution >= 4 is 39.5 Å². The number of phosphoric acid groups is 2. The standard InChI is InChI=1S/C69H134O17P2/c1-8-11-12-13-14-15-16-17-18-19-20-25-28-38-45-52-68(73)85-64(56-79-66(71)50-43-36-27-24-22-21-23-26-33-40-47-60(4)5)58-83-87(75,76)81-54-63(70)55-82-88(77,78)84-59-65(86-69(74)53-46-39-32-30-35-42-49-62(7)10-3)57-80-67(72)51-44-37-31-29-34-41-48-61(6)9-2/h60-65,70H,8-59H2,1-7H3,(H,75,76)(H,77,78)/t61?,62?,63-,64-,65-/m1/s1. The van der Waals surface area contributed by atoms with E-state index in [0.29, 0.717) is 25.7 Å². The molecule has 0 fully saturated rings. The molecule has 88 heavy (non-hydrogen) atoms. The average molecular weight is 1300 g/mol. The van der Waals surface area contributed by atoms with Gasteiger partial charge in [-0.1, -0.05) is 292 Å². The van der Waals surface area contributed by atoms with E-state index in [1.165, 1.54) is 148 Å². The molecule has 0 aromatic heterocycles. The molecule has 0 bridgehead atoms. The molecule has 19 heteroatoms. The van der Waals surface area contributed by atoms with Gasteiger partial charge < -0.3 is 33.8 Å². The van der Waals surface area contributed by atoms with E-state index in [4.69, 9.17) is 37.0 Å². The Hall–Kier alpha value is -1.94. The third-order valence-electron chi connectivity index (χ3n) is 16.6. The number of esters is 4. The first-order valence-corrected chi connectivity index (χ1v) is 38.9. The van der Waals surface area contributed by atoms with Gasteiger partial charge in [0.05, 0.1) is 26.4 Å². The van der Waals surface area contributed by atoms with Crippen molar-refractivity contribution in [3.05, 3.63) is 0 Å². The fourth-order valence-electron chi connectivity index (χ4n) is 10.3. The number of aliphatic hydroxyl groups is 1. The van der Waals surface area contributed by atoms with Gasteiger partial charge in [-0.2, -0.15) is 0 Å². The Balaban J connectivity index is 5.26. The zero-order valence-corrected chi connectivity index (χ0v) is 59.0. The SMILES string of the molecule is CCCCCCCCCCCCCCCCCC(=O)O[C@H](COC(=O)CCCCCCCCCCCCC(C)C)COP(=O)(O)OC[C@@H](O)COP(=O)(O)OC[C@@H](COC(=O)CCCCCCCCC(C)CC)OC(=O)CCCCCCCCC(C)CC. The molecule has 0 saturated carbocycles. The molecule has 0 amide bonds. The van der Waals surface area contributed by atoms with Gasteiger partial charge in [0.1, 0.15) is 19.3 Å². The minimum atomic E-state index is -4.95. The maximum atomic E-state index is 13.0. The highest BCUT2D eigenvalue weighted by atomic mass is 31.2. The van der Waals surface area contributed by atoms with Gasteiger partial charge in [0.2, 0.25) is 0 Å². The average Bonchev–Trinajstić information content (AvgIpc) is 3.43. The molecule has 0 heterocycles. The van der Waals surface area contributed by atoms with Crippen LogP contribution in [-0.2, 0) is 65.4 Å². The van der Waals surface area contributed by atoms with E-state index >= 15 is 0 Å². The molecule has 0 spiro atoms. The van der Waals surface area contributed by atoms with Crippen LogP contribution in [0.1, 0.15) is 344 Å². The molecule has 0 aliphatic heterocycles. The molecule has 17 nitrogen and oxygen atoms in total. The molecule has 0 aliphatic rings. The molecule has 0 aromatic carbocycles. The molecule has 4 unspecified atom stereocenters. The van der Waals surface area contributed by atoms with E-state index in [1.807, 2.05) is 0 Å². The number of hydrogen-bond acceptors (Lipinski definition) is 15. The summed E-state index contributed by atoms with van der Waals surface area (Å²) in [6, 6.07) is 0. The van der Waals surface area contributed by atoms with Crippen LogP contribution >= 0.6 is 15.6 Å². The summed E-state index contributed by atoms with van der Waals surface area (Å²) in [4.78, 5) is 72.5. The van der Waals surface area contributed by atoms with Crippen LogP contribution in [0.4, 0.5) is 0 Å². The second kappa shape index (κ2) is 60.0. The van der Waals surface area contributed by atoms with E-state index in [1.54, 1.807) is 0 Å². The van der Waals surface area contributed by atoms with Crippen LogP contribution in [-0.4, -0.2) is 96.7 Å². The Kier molecular flexibility index (Phi) is 58.7. The molecule has 522 valence electrons. The zero-order valence-electron chi connectivity index (χ0n) is 57.2. The van der Waals surface area contributed by atoms with Crippen LogP contribution in [0.25, 0.3) is 0 Å². The summed E-state index contributed by atoms with van der Waals surface area (Å²) in [5.74, 6) is 0.0790. The van der Waals surface area contributed by atoms with Gasteiger partial charge in [-0.3, -0.25) is 37.3 Å². The lowest BCUT2D eigenvalue weighted by Gasteiger charge is -2.21. The van der Waals surface area contributed by atoms with Crippen LogP contribution < -0.4 is 0 Å². The van der Waals surface area contributed by atoms with E-state index in [0.717, 1.165) is 114 Å². The maximum absolute atomic E-state index is 13.0. The first-order chi connectivity index (χ1) is 42.3. The predicted molar refractivity (Wildman–Crippen MR) is 354 cm³/mol. The molecule has 0 rings (SSSR count). The molecule has 0 aromatic rings. The Morgan fingerprint density at radius 2 is 0.580 bits per heavy atom. The van der Waals surface area contributed by atoms with Crippen molar-refractivity contribution in [2.24, 2.45) is 17.8 Å². The smallest absolute Gasteiger partial charge is 0.462 e. The highest BCUT2D eigenvalue weighted by Crippen LogP contribution is 2.45. The number of rotatable bonds is 67. The van der Waals surface area contributed by atoms with Gasteiger partial charge in [0.25, 0.3) is 0 Å². The number of phosphoric ester groups is 2. The second-order valence-corrected chi connectivity index (χ2v) is 28.8. The fourth-order valence-corrected chi connectivity index (χ4v) is 11.9. The van der Waals surface area contributed by atoms with Gasteiger partial charge in [0, 0.05) is 25.7 Å². The monoisotopic (exact) mass is 1300 g/mol. The normalized spacial score (nSPS) is 14.9. The zero-order chi connectivity index (χ0) is 65.2. The quantitative estimate of drug-likeness (QED) is 0.0222. The molecule has 0 radical (unpaired) electrons. The Labute approximate surface area is 537 Å². The van der Waals surface area contributed by atoms with Crippen molar-refractivity contribution in [3.8, 4) is 0 Å². The van der Waals surface area contributed by atoms with Crippen molar-refractivity contribution in [3.63, 3.8) is 0 Å². The van der Waals surface area contributed by atoms with Crippen molar-refractivity contribution in [1.82, 2.24) is 0 Å². The summed E-state index contributed by atoms with van der Waals surface area (Å²) in [6.45, 7) is 11.7. The molecule has 7 atom stereocenters. The number of aliphatic hydroxyl groups excluding tert-OH is 1. The first kappa shape index (κ1) is 86.1. The van der Waals surface area contributed by atoms with E-state index < -0.39 is 97.5 Å². The molecule has 3 N–H and O–H groups in total. The fraction of sp³-hybridized carbons (Fsp3) is 0.942. The van der Waals surface area contributed by atoms with E-state index in [2.05, 4.69) is 48.5 Å². The molecule has 0 saturated heterocycles. The van der Waals surface area contributed by atoms with Gasteiger partial charge in [-0.25, -0.2) is 9.13 Å². The lowest BCUT2D eigenvalue weighted by atomic mass is 10.00. The predicted octanol–water partition coefficient (Wildman–Crippen LogP) is 19.5. The minimum Gasteiger partial charge on any atom is -0.462 e. The summed E-state index contributed by atoms with van der Waals surface area (Å²) in [5.41, 5.74) is 0. The summed E-state index contributed by atoms with van der Waals surface area (Å²) in [5, 5.41) is 10.6. The lowest BCUT2D eigenvalue weighted by molar-refractivity contribution is -0.161. The van der Waals surface area contributed by atoms with Crippen LogP contribution in [0.5, 0.6) is 0 Å². The number of carbonyl (C=O) groups is 4. The molecular formula is C69H134O17P2. The topological polar surface area (TPSA) is 237 Å². The summed E-state index contributed by atoms with van der Waals surface area (Å²) in [6.07, 6.45) is 43.1. The van der Waals surface area contributed by atoms with Crippen molar-refractivity contribution in [2.75, 3.05) is 39.6 Å². The first-order valence-electron chi connectivity index (χ1n) is 35.9. The van der Waals surface area contributed by atoms with Crippen molar-refractivity contribution < 1.29 is 80.2 Å². The van der Waals surface area contributed by atoms with E-state index in [-0.39, 0.29) is 25.7 Å². The van der Waals surface area contributed by atoms with Crippen LogP contribution in [0.2, 0.25) is 0 Å². The van der Waals surface area contributed by atoms with Crippen LogP contribution in [0, 0.1) is 17.8 Å². The Bertz CT molecular complexity index is 1740. The molecular weight excluding hydrogens is 1160 g/mol. The Morgan fingerprint density at radius 1 is 0.330 bits per heavy atom. The third kappa shape index (κ3) is 60.3. The highest BCUT2D eigenvalue weighted by Gasteiger charge is 2.30. The third-order valence-corrected chi connectivity index (χ3v) is 18.5. The summed E-state index contributed by atoms with van der Waals surface area (Å²) in [7, 11) is -9.90. The van der Waals surface area contributed by atoms with E-state index in [9.17, 15) is 43.2 Å². The van der Waals surface area contributed by atoms with Gasteiger partial charge in [-0.15, -0.1) is 0 Å². The summed E-state index contributed by atoms with van der Waals surface area (Å²) >= 11 is 0. The lowest BCUT2D eigenvalue weighted by Crippen LogP contribution is -2.30. The maximum Gasteiger partial charge on any atom is 0.472 e. The van der Waals surface area contributed by atoms with Gasteiger partial charge in [-0.05, 0) is 43.4 Å².